The van der Waals surface area contributed by atoms with E-state index in [1.54, 1.807) is 6.07 Å². The third kappa shape index (κ3) is 2.30. The average molecular weight is 222 g/mol. The molecule has 1 heterocycles. The maximum absolute atomic E-state index is 9.78. The minimum absolute atomic E-state index is 0.0129. The molecule has 0 unspecified atom stereocenters. The standard InChI is InChI=1S/C13H19NO2/c1-14(8-3-2-4-9-14)10-11-6-5-7-12(15)13(11)16/h5-7H,2-4,8-10H2,1H3,(H-,15,16)/p+1. The zero-order valence-corrected chi connectivity index (χ0v) is 9.82. The summed E-state index contributed by atoms with van der Waals surface area (Å²) < 4.78 is 0.969. The molecule has 0 spiro atoms. The van der Waals surface area contributed by atoms with Gasteiger partial charge in [-0.1, -0.05) is 6.07 Å². The predicted molar refractivity (Wildman–Crippen MR) is 63.2 cm³/mol. The van der Waals surface area contributed by atoms with Gasteiger partial charge in [-0.3, -0.25) is 0 Å². The van der Waals surface area contributed by atoms with E-state index in [0.717, 1.165) is 29.7 Å². The number of rotatable bonds is 2. The monoisotopic (exact) mass is 222 g/mol. The molecule has 1 fully saturated rings. The summed E-state index contributed by atoms with van der Waals surface area (Å²) in [5, 5.41) is 19.2. The van der Waals surface area contributed by atoms with Crippen molar-refractivity contribution in [1.82, 2.24) is 0 Å². The molecule has 1 aromatic rings. The predicted octanol–water partition coefficient (Wildman–Crippen LogP) is 2.23. The molecule has 2 N–H and O–H groups in total. The minimum Gasteiger partial charge on any atom is -0.504 e. The van der Waals surface area contributed by atoms with E-state index in [-0.39, 0.29) is 11.5 Å². The van der Waals surface area contributed by atoms with Crippen molar-refractivity contribution in [2.24, 2.45) is 0 Å². The third-order valence-electron chi connectivity index (χ3n) is 3.55. The normalized spacial score (nSPS) is 19.6. The van der Waals surface area contributed by atoms with Crippen molar-refractivity contribution in [2.75, 3.05) is 20.1 Å². The van der Waals surface area contributed by atoms with Gasteiger partial charge in [0.2, 0.25) is 0 Å². The van der Waals surface area contributed by atoms with Crippen LogP contribution in [0.5, 0.6) is 11.5 Å². The molecular weight excluding hydrogens is 202 g/mol. The molecule has 0 aromatic heterocycles. The zero-order chi connectivity index (χ0) is 11.6. The molecule has 1 aliphatic heterocycles. The fourth-order valence-corrected chi connectivity index (χ4v) is 2.55. The van der Waals surface area contributed by atoms with Crippen molar-refractivity contribution >= 4 is 0 Å². The van der Waals surface area contributed by atoms with Crippen LogP contribution < -0.4 is 0 Å². The molecule has 0 amide bonds. The van der Waals surface area contributed by atoms with Crippen LogP contribution in [0.4, 0.5) is 0 Å². The van der Waals surface area contributed by atoms with Crippen molar-refractivity contribution in [3.63, 3.8) is 0 Å². The van der Waals surface area contributed by atoms with Gasteiger partial charge in [0.15, 0.2) is 11.5 Å². The van der Waals surface area contributed by atoms with E-state index in [9.17, 15) is 10.2 Å². The summed E-state index contributed by atoms with van der Waals surface area (Å²) in [6, 6.07) is 5.21. The summed E-state index contributed by atoms with van der Waals surface area (Å²) in [5.41, 5.74) is 0.851. The first kappa shape index (κ1) is 11.3. The Morgan fingerprint density at radius 3 is 2.50 bits per heavy atom. The maximum Gasteiger partial charge on any atom is 0.166 e. The number of likely N-dealkylation sites (tertiary alicyclic amines) is 1. The van der Waals surface area contributed by atoms with E-state index in [0.29, 0.717) is 0 Å². The van der Waals surface area contributed by atoms with Gasteiger partial charge in [-0.15, -0.1) is 0 Å². The summed E-state index contributed by atoms with van der Waals surface area (Å²) >= 11 is 0. The molecule has 3 heteroatoms. The highest BCUT2D eigenvalue weighted by atomic mass is 16.3. The fraction of sp³-hybridized carbons (Fsp3) is 0.538. The van der Waals surface area contributed by atoms with Gasteiger partial charge in [0.25, 0.3) is 0 Å². The molecule has 0 radical (unpaired) electrons. The Balaban J connectivity index is 2.16. The second-order valence-corrected chi connectivity index (χ2v) is 5.07. The van der Waals surface area contributed by atoms with Crippen molar-refractivity contribution in [3.8, 4) is 11.5 Å². The molecule has 1 aromatic carbocycles. The first-order chi connectivity index (χ1) is 7.61. The van der Waals surface area contributed by atoms with Gasteiger partial charge in [-0.05, 0) is 31.4 Å². The van der Waals surface area contributed by atoms with Gasteiger partial charge >= 0.3 is 0 Å². The number of aromatic hydroxyl groups is 2. The molecule has 88 valence electrons. The first-order valence-electron chi connectivity index (χ1n) is 5.94. The van der Waals surface area contributed by atoms with E-state index in [1.807, 2.05) is 6.07 Å². The number of phenolic OH excluding ortho intramolecular Hbond substituents is 2. The molecular formula is C13H20NO2+. The lowest BCUT2D eigenvalue weighted by Gasteiger charge is -2.38. The van der Waals surface area contributed by atoms with E-state index in [4.69, 9.17) is 0 Å². The molecule has 1 aliphatic rings. The Morgan fingerprint density at radius 1 is 1.12 bits per heavy atom. The first-order valence-corrected chi connectivity index (χ1v) is 5.94. The van der Waals surface area contributed by atoms with Gasteiger partial charge in [0.05, 0.1) is 25.7 Å². The maximum atomic E-state index is 9.78. The molecule has 0 atom stereocenters. The molecule has 2 rings (SSSR count). The largest absolute Gasteiger partial charge is 0.504 e. The smallest absolute Gasteiger partial charge is 0.166 e. The Morgan fingerprint density at radius 2 is 1.81 bits per heavy atom. The van der Waals surface area contributed by atoms with Crippen LogP contribution in [0.2, 0.25) is 0 Å². The second-order valence-electron chi connectivity index (χ2n) is 5.07. The lowest BCUT2D eigenvalue weighted by Crippen LogP contribution is -2.46. The average Bonchev–Trinajstić information content (AvgIpc) is 2.26. The lowest BCUT2D eigenvalue weighted by atomic mass is 10.1. The molecule has 0 saturated carbocycles. The highest BCUT2D eigenvalue weighted by Crippen LogP contribution is 2.31. The summed E-state index contributed by atoms with van der Waals surface area (Å²) in [6.45, 7) is 3.13. The van der Waals surface area contributed by atoms with Crippen molar-refractivity contribution in [2.45, 2.75) is 25.8 Å². The van der Waals surface area contributed by atoms with Crippen molar-refractivity contribution in [1.29, 1.82) is 0 Å². The van der Waals surface area contributed by atoms with E-state index in [2.05, 4.69) is 7.05 Å². The number of nitrogens with zero attached hydrogens (tertiary/aromatic N) is 1. The van der Waals surface area contributed by atoms with Crippen LogP contribution in [0.3, 0.4) is 0 Å². The Kier molecular flexibility index (Phi) is 3.06. The van der Waals surface area contributed by atoms with Crippen LogP contribution >= 0.6 is 0 Å². The number of para-hydroxylation sites is 1. The molecule has 3 nitrogen and oxygen atoms in total. The highest BCUT2D eigenvalue weighted by Gasteiger charge is 2.26. The summed E-state index contributed by atoms with van der Waals surface area (Å²) in [6.07, 6.45) is 3.84. The van der Waals surface area contributed by atoms with Crippen LogP contribution in [0.15, 0.2) is 18.2 Å². The van der Waals surface area contributed by atoms with Crippen LogP contribution in [-0.4, -0.2) is 34.8 Å². The topological polar surface area (TPSA) is 40.5 Å². The van der Waals surface area contributed by atoms with E-state index in [1.165, 1.54) is 25.3 Å². The number of phenols is 2. The summed E-state index contributed by atoms with van der Waals surface area (Å²) in [4.78, 5) is 0. The number of hydrogen-bond acceptors (Lipinski definition) is 2. The summed E-state index contributed by atoms with van der Waals surface area (Å²) in [7, 11) is 2.22. The van der Waals surface area contributed by atoms with Crippen LogP contribution in [0, 0.1) is 0 Å². The molecule has 16 heavy (non-hydrogen) atoms. The summed E-state index contributed by atoms with van der Waals surface area (Å²) in [5.74, 6) is 0.0357. The van der Waals surface area contributed by atoms with Gasteiger partial charge in [0.1, 0.15) is 6.54 Å². The van der Waals surface area contributed by atoms with Crippen LogP contribution in [0.1, 0.15) is 24.8 Å². The molecule has 1 saturated heterocycles. The van der Waals surface area contributed by atoms with Crippen LogP contribution in [0.25, 0.3) is 0 Å². The second kappa shape index (κ2) is 4.34. The molecule has 0 bridgehead atoms. The lowest BCUT2D eigenvalue weighted by molar-refractivity contribution is -0.926. The zero-order valence-electron chi connectivity index (χ0n) is 9.82. The quantitative estimate of drug-likeness (QED) is 0.595. The van der Waals surface area contributed by atoms with Crippen molar-refractivity contribution < 1.29 is 14.7 Å². The number of hydrogen-bond donors (Lipinski definition) is 2. The Bertz CT molecular complexity index is 370. The number of benzene rings is 1. The number of quaternary nitrogens is 1. The Hall–Kier alpha value is -1.22. The van der Waals surface area contributed by atoms with Gasteiger partial charge in [-0.25, -0.2) is 0 Å². The van der Waals surface area contributed by atoms with Crippen LogP contribution in [-0.2, 0) is 6.54 Å². The third-order valence-corrected chi connectivity index (χ3v) is 3.55. The van der Waals surface area contributed by atoms with E-state index >= 15 is 0 Å². The SMILES string of the molecule is C[N+]1(Cc2cccc(O)c2O)CCCCC1. The van der Waals surface area contributed by atoms with Gasteiger partial charge < -0.3 is 14.7 Å². The van der Waals surface area contributed by atoms with E-state index < -0.39 is 0 Å². The number of piperidine rings is 1. The molecule has 0 aliphatic carbocycles. The van der Waals surface area contributed by atoms with Gasteiger partial charge in [-0.2, -0.15) is 0 Å². The van der Waals surface area contributed by atoms with Crippen molar-refractivity contribution in [3.05, 3.63) is 23.8 Å². The minimum atomic E-state index is -0.0129. The highest BCUT2D eigenvalue weighted by molar-refractivity contribution is 5.43. The Labute approximate surface area is 96.5 Å². The van der Waals surface area contributed by atoms with Gasteiger partial charge in [0, 0.05) is 0 Å². The fourth-order valence-electron chi connectivity index (χ4n) is 2.55.